The van der Waals surface area contributed by atoms with Crippen LogP contribution in [-0.2, 0) is 6.18 Å². The van der Waals surface area contributed by atoms with Crippen molar-refractivity contribution in [1.82, 2.24) is 4.57 Å². The molecular formula is C55H32F3N. The number of aromatic nitrogens is 1. The first-order valence-electron chi connectivity index (χ1n) is 19.8. The van der Waals surface area contributed by atoms with Crippen molar-refractivity contribution in [3.05, 3.63) is 200 Å². The molecule has 0 atom stereocenters. The van der Waals surface area contributed by atoms with Gasteiger partial charge >= 0.3 is 6.18 Å². The van der Waals surface area contributed by atoms with Crippen molar-refractivity contribution < 1.29 is 13.2 Å². The van der Waals surface area contributed by atoms with E-state index in [2.05, 4.69) is 162 Å². The molecule has 0 aliphatic rings. The summed E-state index contributed by atoms with van der Waals surface area (Å²) in [6, 6.07) is 66.7. The lowest BCUT2D eigenvalue weighted by Gasteiger charge is -2.14. The third kappa shape index (κ3) is 5.12. The van der Waals surface area contributed by atoms with Crippen molar-refractivity contribution in [2.75, 3.05) is 0 Å². The lowest BCUT2D eigenvalue weighted by molar-refractivity contribution is -0.137. The SMILES string of the molecule is FC(F)(F)c1ccc(-c2ccc3cc(-c4ccc5c(c4)c4ccccc4c4cc6c7c8ccccc8c8ccccc8c7n(-c7ccccc7)c6cc54)ccc3c2)cc1. The van der Waals surface area contributed by atoms with Crippen LogP contribution in [0.15, 0.2) is 194 Å². The first kappa shape index (κ1) is 33.7. The fraction of sp³-hybridized carbons (Fsp3) is 0.0182. The van der Waals surface area contributed by atoms with Gasteiger partial charge in [0.05, 0.1) is 16.6 Å². The molecular weight excluding hydrogens is 732 g/mol. The number of benzene rings is 11. The summed E-state index contributed by atoms with van der Waals surface area (Å²) in [4.78, 5) is 0. The Morgan fingerprint density at radius 3 is 1.42 bits per heavy atom. The third-order valence-corrected chi connectivity index (χ3v) is 12.3. The molecule has 0 aliphatic heterocycles. The first-order chi connectivity index (χ1) is 28.9. The Morgan fingerprint density at radius 2 is 0.780 bits per heavy atom. The Labute approximate surface area is 336 Å². The number of hydrogen-bond acceptors (Lipinski definition) is 0. The van der Waals surface area contributed by atoms with Gasteiger partial charge in [-0.3, -0.25) is 0 Å². The second-order valence-corrected chi connectivity index (χ2v) is 15.6. The summed E-state index contributed by atoms with van der Waals surface area (Å²) in [6.07, 6.45) is -4.36. The van der Waals surface area contributed by atoms with E-state index in [4.69, 9.17) is 0 Å². The van der Waals surface area contributed by atoms with E-state index in [1.807, 2.05) is 12.1 Å². The maximum Gasteiger partial charge on any atom is 0.416 e. The molecule has 4 heteroatoms. The first-order valence-corrected chi connectivity index (χ1v) is 19.8. The molecule has 0 radical (unpaired) electrons. The van der Waals surface area contributed by atoms with Gasteiger partial charge in [0.1, 0.15) is 0 Å². The molecule has 0 aliphatic carbocycles. The molecule has 0 saturated carbocycles. The summed E-state index contributed by atoms with van der Waals surface area (Å²) in [5.41, 5.74) is 6.72. The van der Waals surface area contributed by atoms with Gasteiger partial charge in [-0.05, 0) is 136 Å². The minimum absolute atomic E-state index is 0.644. The average Bonchev–Trinajstić information content (AvgIpc) is 3.63. The smallest absolute Gasteiger partial charge is 0.309 e. The molecule has 12 rings (SSSR count). The summed E-state index contributed by atoms with van der Waals surface area (Å²) in [5.74, 6) is 0. The van der Waals surface area contributed by atoms with E-state index in [1.54, 1.807) is 0 Å². The van der Waals surface area contributed by atoms with E-state index in [0.29, 0.717) is 0 Å². The molecule has 0 saturated heterocycles. The van der Waals surface area contributed by atoms with Crippen LogP contribution in [0.25, 0.3) is 114 Å². The second kappa shape index (κ2) is 12.5. The molecule has 0 fully saturated rings. The number of rotatable bonds is 3. The molecule has 0 N–H and O–H groups in total. The molecule has 0 unspecified atom stereocenters. The zero-order chi connectivity index (χ0) is 39.4. The molecule has 1 heterocycles. The van der Waals surface area contributed by atoms with Gasteiger partial charge in [-0.25, -0.2) is 0 Å². The maximum atomic E-state index is 13.2. The zero-order valence-electron chi connectivity index (χ0n) is 31.6. The lowest BCUT2D eigenvalue weighted by Crippen LogP contribution is -2.03. The molecule has 12 aromatic rings. The summed E-state index contributed by atoms with van der Waals surface area (Å²) in [7, 11) is 0. The van der Waals surface area contributed by atoms with E-state index < -0.39 is 11.7 Å². The van der Waals surface area contributed by atoms with Crippen LogP contribution in [-0.4, -0.2) is 4.57 Å². The third-order valence-electron chi connectivity index (χ3n) is 12.3. The van der Waals surface area contributed by atoms with Gasteiger partial charge in [0.2, 0.25) is 0 Å². The molecule has 1 nitrogen and oxygen atoms in total. The molecule has 11 aromatic carbocycles. The van der Waals surface area contributed by atoms with Gasteiger partial charge in [-0.1, -0.05) is 140 Å². The molecule has 278 valence electrons. The van der Waals surface area contributed by atoms with Crippen LogP contribution in [0.5, 0.6) is 0 Å². The van der Waals surface area contributed by atoms with Gasteiger partial charge < -0.3 is 4.57 Å². The van der Waals surface area contributed by atoms with Gasteiger partial charge in [0.25, 0.3) is 0 Å². The minimum Gasteiger partial charge on any atom is -0.309 e. The predicted molar refractivity (Wildman–Crippen MR) is 242 cm³/mol. The zero-order valence-corrected chi connectivity index (χ0v) is 31.6. The normalized spacial score (nSPS) is 12.3. The number of halogens is 3. The van der Waals surface area contributed by atoms with Gasteiger partial charge in [-0.15, -0.1) is 0 Å². The molecule has 0 amide bonds. The van der Waals surface area contributed by atoms with Gasteiger partial charge in [0.15, 0.2) is 0 Å². The molecule has 1 aromatic heterocycles. The predicted octanol–water partition coefficient (Wildman–Crippen LogP) is 16.1. The number of para-hydroxylation sites is 1. The standard InChI is InChI=1S/C55H32F3N/c56-55(57,58)39-25-22-33(23-26-39)34-18-19-36-29-37(21-20-35(36)28-34)38-24-27-45-48(30-38)43-14-4-5-15-44(43)49-31-51-52(32-50(45)49)59(40-10-2-1-3-11-40)54-47-17-9-7-13-42(47)41-12-6-8-16-46(41)53(51)54/h1-32H. The fourth-order valence-corrected chi connectivity index (χ4v) is 9.60. The largest absolute Gasteiger partial charge is 0.416 e. The monoisotopic (exact) mass is 763 g/mol. The van der Waals surface area contributed by atoms with Crippen LogP contribution in [0, 0.1) is 0 Å². The van der Waals surface area contributed by atoms with E-state index in [0.717, 1.165) is 50.8 Å². The van der Waals surface area contributed by atoms with Crippen LogP contribution in [0.2, 0.25) is 0 Å². The topological polar surface area (TPSA) is 4.93 Å². The van der Waals surface area contributed by atoms with Crippen LogP contribution < -0.4 is 0 Å². The van der Waals surface area contributed by atoms with E-state index >= 15 is 0 Å². The highest BCUT2D eigenvalue weighted by Crippen LogP contribution is 2.46. The Morgan fingerprint density at radius 1 is 0.322 bits per heavy atom. The molecule has 59 heavy (non-hydrogen) atoms. The Kier molecular flexibility index (Phi) is 7.16. The summed E-state index contributed by atoms with van der Waals surface area (Å²) in [5, 5.41) is 16.8. The van der Waals surface area contributed by atoms with E-state index in [-0.39, 0.29) is 0 Å². The van der Waals surface area contributed by atoms with Crippen LogP contribution >= 0.6 is 0 Å². The number of fused-ring (bicyclic) bond motifs is 15. The molecule has 0 spiro atoms. The van der Waals surface area contributed by atoms with Gasteiger partial charge in [-0.2, -0.15) is 13.2 Å². The van der Waals surface area contributed by atoms with Crippen LogP contribution in [0.4, 0.5) is 13.2 Å². The second-order valence-electron chi connectivity index (χ2n) is 15.6. The Balaban J connectivity index is 1.08. The van der Waals surface area contributed by atoms with Crippen LogP contribution in [0.1, 0.15) is 5.56 Å². The quantitative estimate of drug-likeness (QED) is 0.158. The van der Waals surface area contributed by atoms with Crippen molar-refractivity contribution in [3.8, 4) is 27.9 Å². The van der Waals surface area contributed by atoms with Crippen molar-refractivity contribution >= 4 is 86.4 Å². The van der Waals surface area contributed by atoms with Gasteiger partial charge in [0, 0.05) is 21.8 Å². The lowest BCUT2D eigenvalue weighted by atomic mass is 9.90. The number of alkyl halides is 3. The van der Waals surface area contributed by atoms with Crippen molar-refractivity contribution in [3.63, 3.8) is 0 Å². The highest BCUT2D eigenvalue weighted by atomic mass is 19.4. The maximum absolute atomic E-state index is 13.2. The van der Waals surface area contributed by atoms with Crippen molar-refractivity contribution in [2.45, 2.75) is 6.18 Å². The number of hydrogen-bond donors (Lipinski definition) is 0. The Bertz CT molecular complexity index is 3690. The summed E-state index contributed by atoms with van der Waals surface area (Å²) >= 11 is 0. The minimum atomic E-state index is -4.36. The summed E-state index contributed by atoms with van der Waals surface area (Å²) in [6.45, 7) is 0. The van der Waals surface area contributed by atoms with E-state index in [1.165, 1.54) is 87.8 Å². The summed E-state index contributed by atoms with van der Waals surface area (Å²) < 4.78 is 42.0. The van der Waals surface area contributed by atoms with Crippen molar-refractivity contribution in [2.24, 2.45) is 0 Å². The highest BCUT2D eigenvalue weighted by Gasteiger charge is 2.30. The van der Waals surface area contributed by atoms with E-state index in [9.17, 15) is 13.2 Å². The average molecular weight is 764 g/mol. The van der Waals surface area contributed by atoms with Crippen LogP contribution in [0.3, 0.4) is 0 Å². The highest BCUT2D eigenvalue weighted by molar-refractivity contribution is 6.35. The number of nitrogens with zero attached hydrogens (tertiary/aromatic N) is 1. The fourth-order valence-electron chi connectivity index (χ4n) is 9.60. The van der Waals surface area contributed by atoms with Crippen molar-refractivity contribution in [1.29, 1.82) is 0 Å². The Hall–Kier alpha value is -7.43. The molecule has 0 bridgehead atoms.